The molecule has 2 rings (SSSR count). The number of aromatic nitrogens is 1. The van der Waals surface area contributed by atoms with Gasteiger partial charge in [-0.3, -0.25) is 0 Å². The SMILES string of the molecule is CCOC(=O)c1[nH]c2ccccc2c1CCCCCCC#N. The van der Waals surface area contributed by atoms with E-state index in [2.05, 4.69) is 11.1 Å². The van der Waals surface area contributed by atoms with Gasteiger partial charge in [-0.2, -0.15) is 5.26 Å². The lowest BCUT2D eigenvalue weighted by molar-refractivity contribution is 0.0519. The van der Waals surface area contributed by atoms with Gasteiger partial charge < -0.3 is 9.72 Å². The molecule has 0 unspecified atom stereocenters. The highest BCUT2D eigenvalue weighted by atomic mass is 16.5. The topological polar surface area (TPSA) is 65.9 Å². The van der Waals surface area contributed by atoms with Crippen molar-refractivity contribution in [2.24, 2.45) is 0 Å². The molecule has 0 atom stereocenters. The van der Waals surface area contributed by atoms with E-state index in [-0.39, 0.29) is 5.97 Å². The fraction of sp³-hybridized carbons (Fsp3) is 0.444. The number of hydrogen-bond donors (Lipinski definition) is 1. The molecule has 0 fully saturated rings. The molecular formula is C18H22N2O2. The molecule has 1 N–H and O–H groups in total. The summed E-state index contributed by atoms with van der Waals surface area (Å²) in [5, 5.41) is 9.63. The number of fused-ring (bicyclic) bond motifs is 1. The van der Waals surface area contributed by atoms with Crippen molar-refractivity contribution in [1.29, 1.82) is 5.26 Å². The van der Waals surface area contributed by atoms with Gasteiger partial charge in [0.05, 0.1) is 12.7 Å². The third-order valence-electron chi connectivity index (χ3n) is 3.76. The number of hydrogen-bond acceptors (Lipinski definition) is 3. The summed E-state index contributed by atoms with van der Waals surface area (Å²) in [6.45, 7) is 2.19. The Kier molecular flexibility index (Phi) is 6.02. The third-order valence-corrected chi connectivity index (χ3v) is 3.76. The van der Waals surface area contributed by atoms with E-state index >= 15 is 0 Å². The smallest absolute Gasteiger partial charge is 0.355 e. The molecule has 0 saturated heterocycles. The van der Waals surface area contributed by atoms with Gasteiger partial charge in [-0.05, 0) is 37.8 Å². The first kappa shape index (κ1) is 16.1. The van der Waals surface area contributed by atoms with E-state index in [0.717, 1.165) is 48.6 Å². The van der Waals surface area contributed by atoms with Crippen LogP contribution in [-0.4, -0.2) is 17.6 Å². The van der Waals surface area contributed by atoms with Crippen LogP contribution >= 0.6 is 0 Å². The van der Waals surface area contributed by atoms with E-state index in [1.54, 1.807) is 0 Å². The molecule has 0 amide bonds. The molecular weight excluding hydrogens is 276 g/mol. The van der Waals surface area contributed by atoms with Crippen LogP contribution < -0.4 is 0 Å². The summed E-state index contributed by atoms with van der Waals surface area (Å²) in [7, 11) is 0. The first-order valence-electron chi connectivity index (χ1n) is 7.91. The standard InChI is InChI=1S/C18H22N2O2/c1-2-22-18(21)17-15(11-6-4-3-5-9-13-19)14-10-7-8-12-16(14)20-17/h7-8,10,12,20H,2-6,9,11H2,1H3. The fourth-order valence-electron chi connectivity index (χ4n) is 2.70. The molecule has 1 heterocycles. The van der Waals surface area contributed by atoms with Crippen molar-refractivity contribution in [3.63, 3.8) is 0 Å². The number of aryl methyl sites for hydroxylation is 1. The quantitative estimate of drug-likeness (QED) is 0.581. The first-order valence-corrected chi connectivity index (χ1v) is 7.91. The molecule has 0 saturated carbocycles. The monoisotopic (exact) mass is 298 g/mol. The highest BCUT2D eigenvalue weighted by molar-refractivity contribution is 5.98. The average molecular weight is 298 g/mol. The second-order valence-electron chi connectivity index (χ2n) is 5.32. The Bertz CT molecular complexity index is 667. The number of carbonyl (C=O) groups is 1. The Morgan fingerprint density at radius 1 is 1.23 bits per heavy atom. The summed E-state index contributed by atoms with van der Waals surface area (Å²) >= 11 is 0. The second-order valence-corrected chi connectivity index (χ2v) is 5.32. The predicted octanol–water partition coefficient (Wildman–Crippen LogP) is 4.36. The summed E-state index contributed by atoms with van der Waals surface area (Å²) in [6.07, 6.45) is 5.58. The highest BCUT2D eigenvalue weighted by Gasteiger charge is 2.18. The number of benzene rings is 1. The van der Waals surface area contributed by atoms with E-state index in [1.165, 1.54) is 0 Å². The van der Waals surface area contributed by atoms with Crippen LogP contribution in [0.3, 0.4) is 0 Å². The fourth-order valence-corrected chi connectivity index (χ4v) is 2.70. The van der Waals surface area contributed by atoms with Crippen LogP contribution in [0.4, 0.5) is 0 Å². The van der Waals surface area contributed by atoms with Gasteiger partial charge in [0, 0.05) is 17.3 Å². The molecule has 22 heavy (non-hydrogen) atoms. The van der Waals surface area contributed by atoms with Gasteiger partial charge in [0.15, 0.2) is 0 Å². The first-order chi connectivity index (χ1) is 10.8. The number of esters is 1. The van der Waals surface area contributed by atoms with Gasteiger partial charge in [-0.15, -0.1) is 0 Å². The van der Waals surface area contributed by atoms with Crippen molar-refractivity contribution in [3.8, 4) is 6.07 Å². The van der Waals surface area contributed by atoms with Crippen molar-refractivity contribution >= 4 is 16.9 Å². The van der Waals surface area contributed by atoms with Crippen molar-refractivity contribution in [2.75, 3.05) is 6.61 Å². The minimum atomic E-state index is -0.279. The number of rotatable bonds is 8. The van der Waals surface area contributed by atoms with Gasteiger partial charge in [0.1, 0.15) is 5.69 Å². The molecule has 0 aliphatic carbocycles. The summed E-state index contributed by atoms with van der Waals surface area (Å²) < 4.78 is 5.15. The predicted molar refractivity (Wildman–Crippen MR) is 86.7 cm³/mol. The van der Waals surface area contributed by atoms with Gasteiger partial charge in [-0.25, -0.2) is 4.79 Å². The van der Waals surface area contributed by atoms with Crippen LogP contribution in [-0.2, 0) is 11.2 Å². The van der Waals surface area contributed by atoms with E-state index in [4.69, 9.17) is 10.00 Å². The molecule has 0 radical (unpaired) electrons. The molecule has 0 bridgehead atoms. The minimum absolute atomic E-state index is 0.279. The van der Waals surface area contributed by atoms with Crippen molar-refractivity contribution < 1.29 is 9.53 Å². The molecule has 0 aliphatic heterocycles. The van der Waals surface area contributed by atoms with Crippen LogP contribution in [0.2, 0.25) is 0 Å². The number of ether oxygens (including phenoxy) is 1. The van der Waals surface area contributed by atoms with Gasteiger partial charge in [0.25, 0.3) is 0 Å². The van der Waals surface area contributed by atoms with E-state index in [0.29, 0.717) is 18.7 Å². The molecule has 4 nitrogen and oxygen atoms in total. The Morgan fingerprint density at radius 2 is 2.00 bits per heavy atom. The van der Waals surface area contributed by atoms with E-state index in [1.807, 2.05) is 31.2 Å². The Labute approximate surface area is 131 Å². The number of para-hydroxylation sites is 1. The number of carbonyl (C=O) groups excluding carboxylic acids is 1. The Morgan fingerprint density at radius 3 is 2.77 bits per heavy atom. The molecule has 0 aliphatic rings. The lowest BCUT2D eigenvalue weighted by atomic mass is 10.0. The zero-order valence-electron chi connectivity index (χ0n) is 13.0. The van der Waals surface area contributed by atoms with Crippen LogP contribution in [0, 0.1) is 11.3 Å². The molecule has 1 aromatic carbocycles. The Hall–Kier alpha value is -2.28. The zero-order valence-corrected chi connectivity index (χ0v) is 13.0. The molecule has 1 aromatic heterocycles. The lowest BCUT2D eigenvalue weighted by Crippen LogP contribution is -2.08. The number of unbranched alkanes of at least 4 members (excludes halogenated alkanes) is 4. The maximum absolute atomic E-state index is 12.1. The van der Waals surface area contributed by atoms with Crippen molar-refractivity contribution in [1.82, 2.24) is 4.98 Å². The largest absolute Gasteiger partial charge is 0.461 e. The van der Waals surface area contributed by atoms with E-state index < -0.39 is 0 Å². The molecule has 4 heteroatoms. The summed E-state index contributed by atoms with van der Waals surface area (Å²) in [4.78, 5) is 15.3. The number of nitrogens with one attached hydrogen (secondary N) is 1. The average Bonchev–Trinajstić information content (AvgIpc) is 2.90. The summed E-state index contributed by atoms with van der Waals surface area (Å²) in [5.74, 6) is -0.279. The maximum atomic E-state index is 12.1. The zero-order chi connectivity index (χ0) is 15.8. The van der Waals surface area contributed by atoms with Gasteiger partial charge >= 0.3 is 5.97 Å². The number of nitrogens with zero attached hydrogens (tertiary/aromatic N) is 1. The van der Waals surface area contributed by atoms with Crippen LogP contribution in [0.15, 0.2) is 24.3 Å². The molecule has 116 valence electrons. The van der Waals surface area contributed by atoms with Crippen molar-refractivity contribution in [3.05, 3.63) is 35.5 Å². The normalized spacial score (nSPS) is 10.5. The molecule has 2 aromatic rings. The third kappa shape index (κ3) is 3.88. The highest BCUT2D eigenvalue weighted by Crippen LogP contribution is 2.25. The number of aromatic amines is 1. The van der Waals surface area contributed by atoms with Crippen molar-refractivity contribution in [2.45, 2.75) is 45.4 Å². The van der Waals surface area contributed by atoms with Crippen LogP contribution in [0.5, 0.6) is 0 Å². The van der Waals surface area contributed by atoms with Crippen LogP contribution in [0.1, 0.15) is 55.1 Å². The second kappa shape index (κ2) is 8.23. The lowest BCUT2D eigenvalue weighted by Gasteiger charge is -2.05. The minimum Gasteiger partial charge on any atom is -0.461 e. The molecule has 0 spiro atoms. The number of nitriles is 1. The van der Waals surface area contributed by atoms with E-state index in [9.17, 15) is 4.79 Å². The Balaban J connectivity index is 2.10. The van der Waals surface area contributed by atoms with Gasteiger partial charge in [-0.1, -0.05) is 31.0 Å². The number of H-pyrrole nitrogens is 1. The maximum Gasteiger partial charge on any atom is 0.355 e. The van der Waals surface area contributed by atoms with Crippen LogP contribution in [0.25, 0.3) is 10.9 Å². The summed E-state index contributed by atoms with van der Waals surface area (Å²) in [5.41, 5.74) is 2.61. The summed E-state index contributed by atoms with van der Waals surface area (Å²) in [6, 6.07) is 10.1. The van der Waals surface area contributed by atoms with Gasteiger partial charge in [0.2, 0.25) is 0 Å².